The lowest BCUT2D eigenvalue weighted by molar-refractivity contribution is -0.414. The number of hydrogen-bond acceptors (Lipinski definition) is 2. The average Bonchev–Trinajstić information content (AvgIpc) is 2.43. The van der Waals surface area contributed by atoms with Crippen molar-refractivity contribution in [3.63, 3.8) is 0 Å². The molecule has 0 fully saturated rings. The summed E-state index contributed by atoms with van der Waals surface area (Å²) in [6, 6.07) is -0.799. The maximum Gasteiger partial charge on any atom is 0.407 e. The molecule has 0 heterocycles. The van der Waals surface area contributed by atoms with Crippen LogP contribution in [-0.4, -0.2) is 54.8 Å². The number of carbonyl (C=O) groups is 1. The van der Waals surface area contributed by atoms with Crippen LogP contribution >= 0.6 is 0 Å². The molecule has 0 radical (unpaired) electrons. The summed E-state index contributed by atoms with van der Waals surface area (Å²) in [5.41, 5.74) is 0. The first-order valence-electron chi connectivity index (χ1n) is 6.36. The molecule has 0 unspecified atom stereocenters. The van der Waals surface area contributed by atoms with Gasteiger partial charge < -0.3 is 10.1 Å². The molecule has 1 amide bonds. The lowest BCUT2D eigenvalue weighted by Gasteiger charge is -2.38. The Morgan fingerprint density at radius 1 is 0.846 bits per heavy atom. The maximum absolute atomic E-state index is 13.2. The number of carbonyl (C=O) groups excluding carboxylic acids is 1. The van der Waals surface area contributed by atoms with Crippen LogP contribution in [0, 0.1) is 0 Å². The van der Waals surface area contributed by atoms with Crippen molar-refractivity contribution in [2.75, 3.05) is 6.61 Å². The Morgan fingerprint density at radius 2 is 1.27 bits per heavy atom. The van der Waals surface area contributed by atoms with Crippen LogP contribution in [0.5, 0.6) is 0 Å². The monoisotopic (exact) mass is 417 g/mol. The minimum Gasteiger partial charge on any atom is -0.443 e. The van der Waals surface area contributed by atoms with Crippen LogP contribution in [-0.2, 0) is 4.74 Å². The molecule has 0 spiro atoms. The van der Waals surface area contributed by atoms with Crippen LogP contribution in [0.4, 0.5) is 57.5 Å². The zero-order valence-corrected chi connectivity index (χ0v) is 12.7. The predicted octanol–water partition coefficient (Wildman–Crippen LogP) is 4.56. The third-order valence-electron chi connectivity index (χ3n) is 2.73. The molecule has 0 saturated carbocycles. The van der Waals surface area contributed by atoms with E-state index in [2.05, 4.69) is 4.74 Å². The van der Waals surface area contributed by atoms with Gasteiger partial charge in [0.1, 0.15) is 0 Å². The third kappa shape index (κ3) is 4.05. The number of ether oxygens (including phenoxy) is 1. The highest BCUT2D eigenvalue weighted by atomic mass is 19.4. The summed E-state index contributed by atoms with van der Waals surface area (Å²) in [4.78, 5) is 10.9. The van der Waals surface area contributed by atoms with Crippen molar-refractivity contribution in [2.24, 2.45) is 0 Å². The minimum absolute atomic E-state index is 0.799. The molecular weight excluding hydrogens is 406 g/mol. The normalized spacial score (nSPS) is 14.8. The lowest BCUT2D eigenvalue weighted by atomic mass is 9.94. The number of halogens is 12. The van der Waals surface area contributed by atoms with E-state index in [4.69, 9.17) is 0 Å². The summed E-state index contributed by atoms with van der Waals surface area (Å²) in [6.45, 7) is -0.464. The van der Waals surface area contributed by atoms with Crippen LogP contribution in [0.3, 0.4) is 0 Å². The fourth-order valence-corrected chi connectivity index (χ4v) is 1.30. The molecule has 0 aliphatic carbocycles. The minimum atomic E-state index is -7.64. The highest BCUT2D eigenvalue weighted by molar-refractivity contribution is 5.67. The van der Waals surface area contributed by atoms with E-state index in [1.165, 1.54) is 13.8 Å². The van der Waals surface area contributed by atoms with Gasteiger partial charge in [-0.3, -0.25) is 0 Å². The molecule has 0 aromatic carbocycles. The molecule has 0 aromatic heterocycles. The molecule has 0 bridgehead atoms. The van der Waals surface area contributed by atoms with Crippen molar-refractivity contribution in [3.05, 3.63) is 0 Å². The molecule has 26 heavy (non-hydrogen) atoms. The summed E-state index contributed by atoms with van der Waals surface area (Å²) in [5.74, 6) is -35.9. The maximum atomic E-state index is 13.2. The van der Waals surface area contributed by atoms with E-state index in [-0.39, 0.29) is 0 Å². The van der Waals surface area contributed by atoms with Crippen molar-refractivity contribution in [2.45, 2.75) is 55.9 Å². The summed E-state index contributed by atoms with van der Waals surface area (Å²) in [6.07, 6.45) is -7.41. The van der Waals surface area contributed by atoms with Gasteiger partial charge in [0.05, 0.1) is 0 Å². The SMILES string of the molecule is CC(C)NC(=O)OCC(F)(F)C(F)(F)C(F)(F)C(F)(F)C(F)(F)C(F)F. The van der Waals surface area contributed by atoms with Gasteiger partial charge >= 0.3 is 42.1 Å². The van der Waals surface area contributed by atoms with Crippen molar-refractivity contribution >= 4 is 6.09 Å². The van der Waals surface area contributed by atoms with Gasteiger partial charge in [-0.2, -0.15) is 43.9 Å². The largest absolute Gasteiger partial charge is 0.443 e. The van der Waals surface area contributed by atoms with Crippen molar-refractivity contribution < 1.29 is 62.2 Å². The van der Waals surface area contributed by atoms with Crippen molar-refractivity contribution in [1.82, 2.24) is 5.32 Å². The number of alkyl carbamates (subject to hydrolysis) is 1. The first kappa shape index (κ1) is 24.4. The molecule has 0 aromatic rings. The molecule has 0 atom stereocenters. The molecule has 15 heteroatoms. The van der Waals surface area contributed by atoms with Gasteiger partial charge in [-0.25, -0.2) is 13.6 Å². The Hall–Kier alpha value is -1.57. The fraction of sp³-hybridized carbons (Fsp3) is 0.909. The van der Waals surface area contributed by atoms with Crippen LogP contribution in [0.1, 0.15) is 13.8 Å². The Bertz CT molecular complexity index is 505. The van der Waals surface area contributed by atoms with Gasteiger partial charge in [0, 0.05) is 6.04 Å². The molecule has 1 N–H and O–H groups in total. The van der Waals surface area contributed by atoms with Gasteiger partial charge in [0.25, 0.3) is 0 Å². The summed E-state index contributed by atoms with van der Waals surface area (Å²) < 4.78 is 157. The Labute approximate surface area is 137 Å². The Morgan fingerprint density at radius 3 is 1.62 bits per heavy atom. The van der Waals surface area contributed by atoms with E-state index < -0.39 is 54.8 Å². The van der Waals surface area contributed by atoms with E-state index in [9.17, 15) is 57.5 Å². The first-order chi connectivity index (χ1) is 11.3. The molecule has 156 valence electrons. The zero-order chi connectivity index (χ0) is 21.4. The van der Waals surface area contributed by atoms with Gasteiger partial charge in [0.15, 0.2) is 6.61 Å². The number of amides is 1. The summed E-state index contributed by atoms with van der Waals surface area (Å²) >= 11 is 0. The standard InChI is InChI=1S/C11H11F12NO2/c1-4(2)24-6(25)26-3-7(14,15)9(18,19)11(22,23)10(20,21)8(16,17)5(12)13/h4-5H,3H2,1-2H3,(H,24,25). The van der Waals surface area contributed by atoms with Gasteiger partial charge in [0.2, 0.25) is 0 Å². The third-order valence-corrected chi connectivity index (χ3v) is 2.73. The van der Waals surface area contributed by atoms with E-state index in [1.54, 1.807) is 5.32 Å². The highest BCUT2D eigenvalue weighted by Crippen LogP contribution is 2.58. The van der Waals surface area contributed by atoms with Crippen LogP contribution < -0.4 is 5.32 Å². The molecule has 0 aliphatic heterocycles. The second kappa shape index (κ2) is 7.21. The van der Waals surface area contributed by atoms with Crippen LogP contribution in [0.25, 0.3) is 0 Å². The average molecular weight is 417 g/mol. The summed E-state index contributed by atoms with van der Waals surface area (Å²) in [7, 11) is 0. The van der Waals surface area contributed by atoms with E-state index in [0.29, 0.717) is 0 Å². The number of alkyl halides is 12. The van der Waals surface area contributed by atoms with Gasteiger partial charge in [-0.05, 0) is 13.8 Å². The molecule has 3 nitrogen and oxygen atoms in total. The Kier molecular flexibility index (Phi) is 6.78. The lowest BCUT2D eigenvalue weighted by Crippen LogP contribution is -2.69. The molecule has 0 aliphatic rings. The smallest absolute Gasteiger partial charge is 0.407 e. The topological polar surface area (TPSA) is 38.3 Å². The van der Waals surface area contributed by atoms with Crippen molar-refractivity contribution in [1.29, 1.82) is 0 Å². The number of rotatable bonds is 8. The Balaban J connectivity index is 5.70. The van der Waals surface area contributed by atoms with Crippen LogP contribution in [0.15, 0.2) is 0 Å². The van der Waals surface area contributed by atoms with Crippen LogP contribution in [0.2, 0.25) is 0 Å². The molecule has 0 saturated heterocycles. The molecule has 0 rings (SSSR count). The number of nitrogens with one attached hydrogen (secondary N) is 1. The zero-order valence-electron chi connectivity index (χ0n) is 12.7. The first-order valence-corrected chi connectivity index (χ1v) is 6.36. The second-order valence-electron chi connectivity index (χ2n) is 5.23. The van der Waals surface area contributed by atoms with Crippen molar-refractivity contribution in [3.8, 4) is 0 Å². The quantitative estimate of drug-likeness (QED) is 0.588. The van der Waals surface area contributed by atoms with E-state index in [1.807, 2.05) is 0 Å². The molecular formula is C11H11F12NO2. The predicted molar refractivity (Wildman–Crippen MR) is 60.4 cm³/mol. The highest BCUT2D eigenvalue weighted by Gasteiger charge is 2.87. The second-order valence-corrected chi connectivity index (χ2v) is 5.23. The number of hydrogen-bond donors (Lipinski definition) is 1. The van der Waals surface area contributed by atoms with E-state index in [0.717, 1.165) is 0 Å². The fourth-order valence-electron chi connectivity index (χ4n) is 1.30. The van der Waals surface area contributed by atoms with E-state index >= 15 is 0 Å². The van der Waals surface area contributed by atoms with Gasteiger partial charge in [-0.1, -0.05) is 0 Å². The van der Waals surface area contributed by atoms with Gasteiger partial charge in [-0.15, -0.1) is 0 Å². The summed E-state index contributed by atoms with van der Waals surface area (Å²) in [5, 5.41) is 1.68.